The average Bonchev–Trinajstić information content (AvgIpc) is 2.69. The highest BCUT2D eigenvalue weighted by molar-refractivity contribution is 7.92. The summed E-state index contributed by atoms with van der Waals surface area (Å²) in [5, 5.41) is 2.41. The van der Waals surface area contributed by atoms with Crippen LogP contribution in [0.4, 0.5) is 20.2 Å². The third-order valence-corrected chi connectivity index (χ3v) is 6.18. The molecule has 0 bridgehead atoms. The van der Waals surface area contributed by atoms with Crippen molar-refractivity contribution in [2.75, 3.05) is 16.2 Å². The van der Waals surface area contributed by atoms with E-state index in [1.807, 2.05) is 19.9 Å². The monoisotopic (exact) mass is 430 g/mol. The van der Waals surface area contributed by atoms with E-state index in [0.29, 0.717) is 5.69 Å². The predicted octanol–water partition coefficient (Wildman–Crippen LogP) is 4.42. The second kappa shape index (κ2) is 8.62. The number of rotatable bonds is 6. The van der Waals surface area contributed by atoms with Gasteiger partial charge in [0.2, 0.25) is 5.91 Å². The molecule has 0 saturated heterocycles. The number of nitrogens with zero attached hydrogens (tertiary/aromatic N) is 1. The van der Waals surface area contributed by atoms with Crippen LogP contribution >= 0.6 is 0 Å². The Bertz CT molecular complexity index is 1180. The molecule has 5 nitrogen and oxygen atoms in total. The number of carbonyl (C=O) groups is 1. The van der Waals surface area contributed by atoms with E-state index >= 15 is 0 Å². The van der Waals surface area contributed by atoms with Gasteiger partial charge in [-0.3, -0.25) is 9.10 Å². The summed E-state index contributed by atoms with van der Waals surface area (Å²) in [5.74, 6) is -2.86. The Labute approximate surface area is 174 Å². The molecular weight excluding hydrogens is 410 g/mol. The molecule has 0 aromatic heterocycles. The van der Waals surface area contributed by atoms with Crippen LogP contribution in [0.5, 0.6) is 0 Å². The van der Waals surface area contributed by atoms with Gasteiger partial charge in [0, 0.05) is 11.8 Å². The lowest BCUT2D eigenvalue weighted by Gasteiger charge is -2.24. The molecule has 0 unspecified atom stereocenters. The van der Waals surface area contributed by atoms with E-state index < -0.39 is 34.1 Å². The number of hydrogen-bond donors (Lipinski definition) is 1. The van der Waals surface area contributed by atoms with Crippen molar-refractivity contribution in [2.24, 2.45) is 0 Å². The maximum Gasteiger partial charge on any atom is 0.264 e. The van der Waals surface area contributed by atoms with E-state index in [0.717, 1.165) is 27.6 Å². The summed E-state index contributed by atoms with van der Waals surface area (Å²) in [6.45, 7) is 3.10. The number of sulfonamides is 1. The highest BCUT2D eigenvalue weighted by Crippen LogP contribution is 2.25. The number of hydrogen-bond acceptors (Lipinski definition) is 3. The van der Waals surface area contributed by atoms with Gasteiger partial charge in [0.25, 0.3) is 10.0 Å². The Hall–Kier alpha value is -3.26. The van der Waals surface area contributed by atoms with E-state index in [1.54, 1.807) is 30.3 Å². The summed E-state index contributed by atoms with van der Waals surface area (Å²) in [4.78, 5) is 12.6. The molecule has 0 aliphatic rings. The smallest absolute Gasteiger partial charge is 0.264 e. The van der Waals surface area contributed by atoms with Gasteiger partial charge in [0.05, 0.1) is 10.6 Å². The van der Waals surface area contributed by atoms with Crippen molar-refractivity contribution in [3.8, 4) is 0 Å². The van der Waals surface area contributed by atoms with Crippen LogP contribution in [0.3, 0.4) is 0 Å². The lowest BCUT2D eigenvalue weighted by Crippen LogP contribution is -2.38. The fraction of sp³-hybridized carbons (Fsp3) is 0.136. The summed E-state index contributed by atoms with van der Waals surface area (Å²) in [6, 6.07) is 15.9. The minimum atomic E-state index is -4.05. The average molecular weight is 430 g/mol. The van der Waals surface area contributed by atoms with Gasteiger partial charge in [-0.2, -0.15) is 0 Å². The van der Waals surface area contributed by atoms with Crippen molar-refractivity contribution in [1.29, 1.82) is 0 Å². The molecular formula is C22H20F2N2O3S. The molecule has 1 N–H and O–H groups in total. The first-order valence-electron chi connectivity index (χ1n) is 9.08. The molecule has 0 fully saturated rings. The number of anilines is 2. The molecule has 0 radical (unpaired) electrons. The van der Waals surface area contributed by atoms with Gasteiger partial charge in [-0.15, -0.1) is 0 Å². The van der Waals surface area contributed by atoms with E-state index in [9.17, 15) is 22.0 Å². The van der Waals surface area contributed by atoms with E-state index in [4.69, 9.17) is 0 Å². The molecule has 3 aromatic carbocycles. The van der Waals surface area contributed by atoms with Crippen LogP contribution in [0.15, 0.2) is 71.6 Å². The fourth-order valence-corrected chi connectivity index (χ4v) is 4.25. The van der Waals surface area contributed by atoms with Crippen LogP contribution in [0.1, 0.15) is 11.1 Å². The quantitative estimate of drug-likeness (QED) is 0.630. The van der Waals surface area contributed by atoms with Crippen molar-refractivity contribution >= 4 is 27.3 Å². The molecule has 3 rings (SSSR count). The molecule has 1 amide bonds. The Balaban J connectivity index is 1.94. The van der Waals surface area contributed by atoms with Gasteiger partial charge in [0.1, 0.15) is 6.54 Å². The van der Waals surface area contributed by atoms with Gasteiger partial charge < -0.3 is 5.32 Å². The van der Waals surface area contributed by atoms with Gasteiger partial charge in [0.15, 0.2) is 11.6 Å². The molecule has 8 heteroatoms. The summed E-state index contributed by atoms with van der Waals surface area (Å²) in [6.07, 6.45) is 0. The Kier molecular flexibility index (Phi) is 6.17. The lowest BCUT2D eigenvalue weighted by atomic mass is 10.2. The highest BCUT2D eigenvalue weighted by Gasteiger charge is 2.27. The molecule has 0 heterocycles. The maximum atomic E-state index is 13.4. The molecule has 30 heavy (non-hydrogen) atoms. The summed E-state index contributed by atoms with van der Waals surface area (Å²) >= 11 is 0. The van der Waals surface area contributed by atoms with Crippen molar-refractivity contribution in [1.82, 2.24) is 0 Å². The second-order valence-electron chi connectivity index (χ2n) is 6.84. The summed E-state index contributed by atoms with van der Waals surface area (Å²) in [7, 11) is -4.05. The Morgan fingerprint density at radius 3 is 2.23 bits per heavy atom. The molecule has 3 aromatic rings. The van der Waals surface area contributed by atoms with E-state index in [-0.39, 0.29) is 10.6 Å². The molecule has 0 atom stereocenters. The number of halogens is 2. The second-order valence-corrected chi connectivity index (χ2v) is 8.70. The van der Waals surface area contributed by atoms with Gasteiger partial charge >= 0.3 is 0 Å². The molecule has 0 saturated carbocycles. The molecule has 0 spiro atoms. The zero-order valence-corrected chi connectivity index (χ0v) is 17.2. The zero-order chi connectivity index (χ0) is 21.9. The predicted molar refractivity (Wildman–Crippen MR) is 112 cm³/mol. The molecule has 0 aliphatic carbocycles. The van der Waals surface area contributed by atoms with Crippen molar-refractivity contribution < 1.29 is 22.0 Å². The highest BCUT2D eigenvalue weighted by atomic mass is 32.2. The normalized spacial score (nSPS) is 11.2. The van der Waals surface area contributed by atoms with Crippen LogP contribution in [-0.4, -0.2) is 20.9 Å². The summed E-state index contributed by atoms with van der Waals surface area (Å²) < 4.78 is 54.1. The third-order valence-electron chi connectivity index (χ3n) is 4.39. The van der Waals surface area contributed by atoms with Crippen LogP contribution in [0, 0.1) is 25.5 Å². The molecule has 0 aliphatic heterocycles. The van der Waals surface area contributed by atoms with Crippen LogP contribution in [0.2, 0.25) is 0 Å². The SMILES string of the molecule is Cc1ccc(S(=O)(=O)N(CC(=O)Nc2ccc(F)c(F)c2)c2cccc(C)c2)cc1. The largest absolute Gasteiger partial charge is 0.324 e. The number of benzene rings is 3. The first-order chi connectivity index (χ1) is 14.2. The number of nitrogens with one attached hydrogen (secondary N) is 1. The maximum absolute atomic E-state index is 13.4. The van der Waals surface area contributed by atoms with Crippen molar-refractivity contribution in [3.05, 3.63) is 89.5 Å². The third kappa shape index (κ3) is 4.83. The van der Waals surface area contributed by atoms with Gasteiger partial charge in [-0.05, 0) is 55.8 Å². The molecule has 156 valence electrons. The Morgan fingerprint density at radius 1 is 0.900 bits per heavy atom. The zero-order valence-electron chi connectivity index (χ0n) is 16.4. The van der Waals surface area contributed by atoms with Crippen LogP contribution in [-0.2, 0) is 14.8 Å². The number of carbonyl (C=O) groups excluding carboxylic acids is 1. The standard InChI is InChI=1S/C22H20F2N2O3S/c1-15-6-9-19(10-7-15)30(28,29)26(18-5-3-4-16(2)12-18)14-22(27)25-17-8-11-20(23)21(24)13-17/h3-13H,14H2,1-2H3,(H,25,27). The minimum absolute atomic E-state index is 0.0239. The van der Waals surface area contributed by atoms with Crippen molar-refractivity contribution in [2.45, 2.75) is 18.7 Å². The fourth-order valence-electron chi connectivity index (χ4n) is 2.84. The summed E-state index contributed by atoms with van der Waals surface area (Å²) in [5.41, 5.74) is 2.05. The first kappa shape index (κ1) is 21.4. The van der Waals surface area contributed by atoms with Crippen LogP contribution < -0.4 is 9.62 Å². The van der Waals surface area contributed by atoms with Crippen LogP contribution in [0.25, 0.3) is 0 Å². The van der Waals surface area contributed by atoms with Crippen molar-refractivity contribution in [3.63, 3.8) is 0 Å². The topological polar surface area (TPSA) is 66.5 Å². The van der Waals surface area contributed by atoms with E-state index in [1.165, 1.54) is 18.2 Å². The lowest BCUT2D eigenvalue weighted by molar-refractivity contribution is -0.114. The first-order valence-corrected chi connectivity index (χ1v) is 10.5. The number of aryl methyl sites for hydroxylation is 2. The van der Waals surface area contributed by atoms with Gasteiger partial charge in [-0.25, -0.2) is 17.2 Å². The van der Waals surface area contributed by atoms with Gasteiger partial charge in [-0.1, -0.05) is 29.8 Å². The minimum Gasteiger partial charge on any atom is -0.324 e. The number of amides is 1. The Morgan fingerprint density at radius 2 is 1.60 bits per heavy atom. The van der Waals surface area contributed by atoms with E-state index in [2.05, 4.69) is 5.32 Å².